The molecule has 0 aromatic heterocycles. The van der Waals surface area contributed by atoms with Crippen LogP contribution in [-0.4, -0.2) is 23.5 Å². The third-order valence-electron chi connectivity index (χ3n) is 3.31. The van der Waals surface area contributed by atoms with Gasteiger partial charge < -0.3 is 4.74 Å². The van der Waals surface area contributed by atoms with Crippen LogP contribution in [-0.2, 0) is 13.8 Å². The highest BCUT2D eigenvalue weighted by molar-refractivity contribution is 7.41. The first kappa shape index (κ1) is 18.0. The van der Waals surface area contributed by atoms with Gasteiger partial charge in [0.1, 0.15) is 6.10 Å². The third kappa shape index (κ3) is 5.77. The summed E-state index contributed by atoms with van der Waals surface area (Å²) in [6, 6.07) is 0. The predicted octanol–water partition coefficient (Wildman–Crippen LogP) is 4.77. The Labute approximate surface area is 114 Å². The molecule has 0 rings (SSSR count). The molecule has 0 saturated heterocycles. The highest BCUT2D eigenvalue weighted by Crippen LogP contribution is 2.40. The van der Waals surface area contributed by atoms with E-state index in [2.05, 4.69) is 34.6 Å². The molecule has 18 heavy (non-hydrogen) atoms. The maximum Gasteiger partial charge on any atom is 0.513 e. The van der Waals surface area contributed by atoms with Gasteiger partial charge in [0.25, 0.3) is 0 Å². The van der Waals surface area contributed by atoms with E-state index in [0.29, 0.717) is 6.61 Å². The van der Waals surface area contributed by atoms with E-state index in [1.54, 1.807) is 0 Å². The van der Waals surface area contributed by atoms with Gasteiger partial charge in [-0.25, -0.2) is 0 Å². The fourth-order valence-electron chi connectivity index (χ4n) is 0.894. The molecule has 0 radical (unpaired) electrons. The summed E-state index contributed by atoms with van der Waals surface area (Å²) in [4.78, 5) is 0. The van der Waals surface area contributed by atoms with Gasteiger partial charge in [0, 0.05) is 0 Å². The fraction of sp³-hybridized carbons (Fsp3) is 1.00. The van der Waals surface area contributed by atoms with E-state index in [1.807, 2.05) is 27.7 Å². The molecule has 0 bridgehead atoms. The Morgan fingerprint density at radius 1 is 1.00 bits per heavy atom. The van der Waals surface area contributed by atoms with Crippen molar-refractivity contribution in [1.82, 2.24) is 0 Å². The monoisotopic (exact) mass is 277 g/mol. The van der Waals surface area contributed by atoms with Crippen LogP contribution in [0.4, 0.5) is 0 Å². The van der Waals surface area contributed by atoms with Gasteiger partial charge in [0.2, 0.25) is 0 Å². The summed E-state index contributed by atoms with van der Waals surface area (Å²) in [6.07, 6.45) is -0.158. The number of hydrogen-bond acceptors (Lipinski definition) is 3. The zero-order valence-corrected chi connectivity index (χ0v) is 14.4. The van der Waals surface area contributed by atoms with Crippen LogP contribution in [0.3, 0.4) is 0 Å². The van der Waals surface area contributed by atoms with E-state index in [0.717, 1.165) is 0 Å². The third-order valence-corrected chi connectivity index (χ3v) is 4.96. The SMILES string of the molecule is CC(COC(C)(C)C(C)(C)C)O[P+](=O)C(C)(C)C. The van der Waals surface area contributed by atoms with Crippen LogP contribution in [0.1, 0.15) is 62.3 Å². The van der Waals surface area contributed by atoms with E-state index in [1.165, 1.54) is 0 Å². The first-order valence-corrected chi connectivity index (χ1v) is 7.73. The normalized spacial score (nSPS) is 16.6. The zero-order chi connectivity index (χ0) is 14.8. The van der Waals surface area contributed by atoms with Gasteiger partial charge in [-0.05, 0) is 51.5 Å². The molecule has 0 spiro atoms. The van der Waals surface area contributed by atoms with Gasteiger partial charge in [-0.15, -0.1) is 4.52 Å². The molecule has 0 aliphatic heterocycles. The lowest BCUT2D eigenvalue weighted by molar-refractivity contribution is -0.108. The fourth-order valence-corrected chi connectivity index (χ4v) is 1.60. The Bertz CT molecular complexity index is 284. The molecule has 2 atom stereocenters. The molecule has 3 nitrogen and oxygen atoms in total. The Morgan fingerprint density at radius 2 is 1.44 bits per heavy atom. The van der Waals surface area contributed by atoms with Gasteiger partial charge in [-0.3, -0.25) is 0 Å². The molecule has 0 aromatic carbocycles. The molecular formula is C14H30O3P+. The topological polar surface area (TPSA) is 35.5 Å². The summed E-state index contributed by atoms with van der Waals surface area (Å²) in [7, 11) is -1.67. The Kier molecular flexibility index (Phi) is 5.99. The summed E-state index contributed by atoms with van der Waals surface area (Å²) in [6.45, 7) is 18.7. The average Bonchev–Trinajstić information content (AvgIpc) is 2.11. The second kappa shape index (κ2) is 5.98. The number of hydrogen-bond donors (Lipinski definition) is 0. The molecular weight excluding hydrogens is 247 g/mol. The molecule has 0 aliphatic rings. The standard InChI is InChI=1S/C14H30O3P/c1-11(17-18(15)13(5,6)7)10-16-14(8,9)12(2,3)4/h11H,10H2,1-9H3/q+1. The predicted molar refractivity (Wildman–Crippen MR) is 77.4 cm³/mol. The minimum atomic E-state index is -1.67. The van der Waals surface area contributed by atoms with Crippen LogP contribution < -0.4 is 0 Å². The van der Waals surface area contributed by atoms with Crippen LogP contribution in [0.2, 0.25) is 0 Å². The summed E-state index contributed by atoms with van der Waals surface area (Å²) in [5, 5.41) is -0.316. The summed E-state index contributed by atoms with van der Waals surface area (Å²) < 4.78 is 23.3. The number of ether oxygens (including phenoxy) is 1. The van der Waals surface area contributed by atoms with Gasteiger partial charge in [0.05, 0.1) is 12.2 Å². The summed E-state index contributed by atoms with van der Waals surface area (Å²) in [5.74, 6) is 0. The van der Waals surface area contributed by atoms with Crippen molar-refractivity contribution in [2.45, 2.75) is 79.2 Å². The molecule has 4 heteroatoms. The van der Waals surface area contributed by atoms with E-state index in [-0.39, 0.29) is 22.3 Å². The van der Waals surface area contributed by atoms with Crippen LogP contribution >= 0.6 is 8.03 Å². The highest BCUT2D eigenvalue weighted by Gasteiger charge is 2.39. The van der Waals surface area contributed by atoms with Crippen molar-refractivity contribution >= 4 is 8.03 Å². The van der Waals surface area contributed by atoms with Crippen molar-refractivity contribution in [2.24, 2.45) is 5.41 Å². The molecule has 108 valence electrons. The van der Waals surface area contributed by atoms with Crippen molar-refractivity contribution in [3.8, 4) is 0 Å². The molecule has 0 aromatic rings. The van der Waals surface area contributed by atoms with Gasteiger partial charge in [-0.2, -0.15) is 0 Å². The zero-order valence-electron chi connectivity index (χ0n) is 13.5. The summed E-state index contributed by atoms with van der Waals surface area (Å²) in [5.41, 5.74) is -0.184. The van der Waals surface area contributed by atoms with Crippen LogP contribution in [0.25, 0.3) is 0 Å². The van der Waals surface area contributed by atoms with Gasteiger partial charge in [0.15, 0.2) is 5.16 Å². The smallest absolute Gasteiger partial charge is 0.372 e. The average molecular weight is 277 g/mol. The van der Waals surface area contributed by atoms with Gasteiger partial charge >= 0.3 is 8.03 Å². The van der Waals surface area contributed by atoms with Crippen molar-refractivity contribution < 1.29 is 13.8 Å². The Morgan fingerprint density at radius 3 is 1.78 bits per heavy atom. The maximum atomic E-state index is 11.9. The van der Waals surface area contributed by atoms with Crippen molar-refractivity contribution in [1.29, 1.82) is 0 Å². The quantitative estimate of drug-likeness (QED) is 0.679. The second-order valence-electron chi connectivity index (χ2n) is 7.42. The van der Waals surface area contributed by atoms with Crippen molar-refractivity contribution in [3.63, 3.8) is 0 Å². The molecule has 0 amide bonds. The lowest BCUT2D eigenvalue weighted by atomic mass is 9.79. The minimum Gasteiger partial charge on any atom is -0.372 e. The number of rotatable bonds is 5. The minimum absolute atomic E-state index is 0.0545. The lowest BCUT2D eigenvalue weighted by Crippen LogP contribution is -2.41. The second-order valence-corrected chi connectivity index (χ2v) is 9.48. The van der Waals surface area contributed by atoms with Crippen LogP contribution in [0.5, 0.6) is 0 Å². The van der Waals surface area contributed by atoms with E-state index in [4.69, 9.17) is 9.26 Å². The molecule has 0 fully saturated rings. The van der Waals surface area contributed by atoms with Gasteiger partial charge in [-0.1, -0.05) is 20.8 Å². The molecule has 0 saturated carbocycles. The molecule has 0 aliphatic carbocycles. The Hall–Kier alpha value is 0.0200. The van der Waals surface area contributed by atoms with Crippen molar-refractivity contribution in [2.75, 3.05) is 6.61 Å². The van der Waals surface area contributed by atoms with E-state index >= 15 is 0 Å². The first-order valence-electron chi connectivity index (χ1n) is 6.55. The maximum absolute atomic E-state index is 11.9. The largest absolute Gasteiger partial charge is 0.513 e. The Balaban J connectivity index is 4.29. The van der Waals surface area contributed by atoms with E-state index in [9.17, 15) is 4.57 Å². The van der Waals surface area contributed by atoms with Crippen LogP contribution in [0.15, 0.2) is 0 Å². The lowest BCUT2D eigenvalue weighted by Gasteiger charge is -2.39. The first-order chi connectivity index (χ1) is 7.77. The van der Waals surface area contributed by atoms with E-state index < -0.39 is 8.03 Å². The summed E-state index contributed by atoms with van der Waals surface area (Å²) >= 11 is 0. The molecule has 2 unspecified atom stereocenters. The van der Waals surface area contributed by atoms with Crippen molar-refractivity contribution in [3.05, 3.63) is 0 Å². The highest BCUT2D eigenvalue weighted by atomic mass is 31.1. The molecule has 0 N–H and O–H groups in total. The van der Waals surface area contributed by atoms with Crippen LogP contribution in [0, 0.1) is 5.41 Å². The molecule has 0 heterocycles.